The number of hydrogen-bond acceptors (Lipinski definition) is 3. The minimum absolute atomic E-state index is 0.367. The summed E-state index contributed by atoms with van der Waals surface area (Å²) in [6.07, 6.45) is 5.46. The molecule has 0 aliphatic carbocycles. The fourth-order valence-corrected chi connectivity index (χ4v) is 2.29. The maximum absolute atomic E-state index is 8.66. The summed E-state index contributed by atoms with van der Waals surface area (Å²) in [6.45, 7) is 5.53. The van der Waals surface area contributed by atoms with E-state index in [2.05, 4.69) is 30.6 Å². The van der Waals surface area contributed by atoms with Gasteiger partial charge in [0.05, 0.1) is 12.5 Å². The zero-order valence-corrected chi connectivity index (χ0v) is 9.92. The topological polar surface area (TPSA) is 47.9 Å². The molecule has 1 aliphatic heterocycles. The van der Waals surface area contributed by atoms with Gasteiger partial charge in [0.15, 0.2) is 0 Å². The van der Waals surface area contributed by atoms with Crippen LogP contribution in [0.2, 0.25) is 0 Å². The van der Waals surface area contributed by atoms with E-state index in [1.165, 1.54) is 25.8 Å². The molecule has 15 heavy (non-hydrogen) atoms. The molecule has 3 heteroatoms. The quantitative estimate of drug-likeness (QED) is 0.701. The van der Waals surface area contributed by atoms with E-state index in [1.54, 1.807) is 0 Å². The van der Waals surface area contributed by atoms with Gasteiger partial charge >= 0.3 is 0 Å². The van der Waals surface area contributed by atoms with E-state index in [1.807, 2.05) is 0 Å². The molecular formula is C12H23N3. The zero-order chi connectivity index (χ0) is 11.1. The summed E-state index contributed by atoms with van der Waals surface area (Å²) in [6, 6.07) is 3.81. The first-order chi connectivity index (χ1) is 7.26. The molecule has 1 fully saturated rings. The predicted molar refractivity (Wildman–Crippen MR) is 62.5 cm³/mol. The van der Waals surface area contributed by atoms with Crippen molar-refractivity contribution in [1.29, 1.82) is 5.26 Å². The molecule has 0 bridgehead atoms. The summed E-state index contributed by atoms with van der Waals surface area (Å²) in [7, 11) is 0. The van der Waals surface area contributed by atoms with Gasteiger partial charge < -0.3 is 10.6 Å². The average molecular weight is 209 g/mol. The van der Waals surface area contributed by atoms with E-state index in [0.29, 0.717) is 24.5 Å². The number of hydrogen-bond donors (Lipinski definition) is 2. The molecule has 3 atom stereocenters. The third-order valence-corrected chi connectivity index (χ3v) is 3.15. The van der Waals surface area contributed by atoms with Gasteiger partial charge in [-0.15, -0.1) is 0 Å². The van der Waals surface area contributed by atoms with E-state index < -0.39 is 0 Å². The first-order valence-corrected chi connectivity index (χ1v) is 6.12. The first kappa shape index (κ1) is 12.5. The molecule has 1 aliphatic rings. The molecule has 1 heterocycles. The minimum Gasteiger partial charge on any atom is -0.314 e. The lowest BCUT2D eigenvalue weighted by molar-refractivity contribution is 0.386. The summed E-state index contributed by atoms with van der Waals surface area (Å²) in [5.41, 5.74) is 0. The lowest BCUT2D eigenvalue weighted by Gasteiger charge is -2.22. The van der Waals surface area contributed by atoms with Crippen molar-refractivity contribution in [2.45, 2.75) is 64.1 Å². The highest BCUT2D eigenvalue weighted by Gasteiger charge is 2.18. The van der Waals surface area contributed by atoms with Crippen molar-refractivity contribution >= 4 is 0 Å². The van der Waals surface area contributed by atoms with Gasteiger partial charge in [0, 0.05) is 18.1 Å². The van der Waals surface area contributed by atoms with E-state index in [0.717, 1.165) is 6.42 Å². The molecule has 0 aromatic carbocycles. The van der Waals surface area contributed by atoms with Crippen LogP contribution < -0.4 is 10.6 Å². The highest BCUT2D eigenvalue weighted by molar-refractivity contribution is 4.84. The Morgan fingerprint density at radius 2 is 2.40 bits per heavy atom. The molecule has 1 rings (SSSR count). The van der Waals surface area contributed by atoms with Crippen molar-refractivity contribution in [3.63, 3.8) is 0 Å². The van der Waals surface area contributed by atoms with Gasteiger partial charge in [-0.1, -0.05) is 6.92 Å². The molecule has 0 radical (unpaired) electrons. The molecule has 0 saturated carbocycles. The fourth-order valence-electron chi connectivity index (χ4n) is 2.29. The van der Waals surface area contributed by atoms with Crippen LogP contribution in [0.5, 0.6) is 0 Å². The molecule has 0 aromatic rings. The van der Waals surface area contributed by atoms with Crippen LogP contribution in [0.1, 0.15) is 46.0 Å². The Bertz CT molecular complexity index is 203. The first-order valence-electron chi connectivity index (χ1n) is 6.12. The normalized spacial score (nSPS) is 24.7. The van der Waals surface area contributed by atoms with Gasteiger partial charge in [0.2, 0.25) is 0 Å². The van der Waals surface area contributed by atoms with E-state index >= 15 is 0 Å². The van der Waals surface area contributed by atoms with Crippen LogP contribution in [0.25, 0.3) is 0 Å². The van der Waals surface area contributed by atoms with Crippen LogP contribution in [0, 0.1) is 11.3 Å². The second kappa shape index (κ2) is 6.81. The third kappa shape index (κ3) is 4.63. The lowest BCUT2D eigenvalue weighted by atomic mass is 10.0. The number of nitriles is 1. The predicted octanol–water partition coefficient (Wildman–Crippen LogP) is 1.80. The van der Waals surface area contributed by atoms with Crippen molar-refractivity contribution in [2.24, 2.45) is 0 Å². The molecule has 86 valence electrons. The SMILES string of the molecule is CCC(CC#N)NC(C)CC1CCCN1. The van der Waals surface area contributed by atoms with Crippen molar-refractivity contribution in [1.82, 2.24) is 10.6 Å². The van der Waals surface area contributed by atoms with E-state index in [-0.39, 0.29) is 0 Å². The van der Waals surface area contributed by atoms with Crippen molar-refractivity contribution in [2.75, 3.05) is 6.54 Å². The number of nitrogens with zero attached hydrogens (tertiary/aromatic N) is 1. The molecule has 1 saturated heterocycles. The monoisotopic (exact) mass is 209 g/mol. The van der Waals surface area contributed by atoms with Gasteiger partial charge in [-0.05, 0) is 39.2 Å². The summed E-state index contributed by atoms with van der Waals surface area (Å²) in [5, 5.41) is 15.7. The average Bonchev–Trinajstić information content (AvgIpc) is 2.69. The Hall–Kier alpha value is -0.590. The highest BCUT2D eigenvalue weighted by atomic mass is 15.0. The molecule has 3 nitrogen and oxygen atoms in total. The summed E-state index contributed by atoms with van der Waals surface area (Å²) < 4.78 is 0. The largest absolute Gasteiger partial charge is 0.314 e. The molecule has 0 aromatic heterocycles. The van der Waals surface area contributed by atoms with Gasteiger partial charge in [0.25, 0.3) is 0 Å². The molecule has 3 unspecified atom stereocenters. The van der Waals surface area contributed by atoms with Crippen molar-refractivity contribution < 1.29 is 0 Å². The van der Waals surface area contributed by atoms with Gasteiger partial charge in [-0.25, -0.2) is 0 Å². The Balaban J connectivity index is 2.21. The molecule has 0 amide bonds. The maximum atomic E-state index is 8.66. The summed E-state index contributed by atoms with van der Waals surface area (Å²) in [5.74, 6) is 0. The van der Waals surface area contributed by atoms with Gasteiger partial charge in [-0.3, -0.25) is 0 Å². The Labute approximate surface area is 93.2 Å². The van der Waals surface area contributed by atoms with Crippen LogP contribution >= 0.6 is 0 Å². The van der Waals surface area contributed by atoms with Crippen molar-refractivity contribution in [3.8, 4) is 6.07 Å². The Morgan fingerprint density at radius 3 is 2.93 bits per heavy atom. The van der Waals surface area contributed by atoms with Crippen LogP contribution in [0.3, 0.4) is 0 Å². The number of rotatable bonds is 6. The van der Waals surface area contributed by atoms with Crippen LogP contribution in [-0.2, 0) is 0 Å². The van der Waals surface area contributed by atoms with Crippen molar-refractivity contribution in [3.05, 3.63) is 0 Å². The van der Waals surface area contributed by atoms with Crippen LogP contribution in [0.15, 0.2) is 0 Å². The zero-order valence-electron chi connectivity index (χ0n) is 9.92. The van der Waals surface area contributed by atoms with E-state index in [4.69, 9.17) is 5.26 Å². The van der Waals surface area contributed by atoms with Gasteiger partial charge in [0.1, 0.15) is 0 Å². The van der Waals surface area contributed by atoms with E-state index in [9.17, 15) is 0 Å². The Kier molecular flexibility index (Phi) is 5.67. The Morgan fingerprint density at radius 1 is 1.60 bits per heavy atom. The molecular weight excluding hydrogens is 186 g/mol. The smallest absolute Gasteiger partial charge is 0.0638 e. The van der Waals surface area contributed by atoms with Crippen LogP contribution in [0.4, 0.5) is 0 Å². The standard InChI is InChI=1S/C12H23N3/c1-3-11(6-7-13)15-10(2)9-12-5-4-8-14-12/h10-12,14-15H,3-6,8-9H2,1-2H3. The maximum Gasteiger partial charge on any atom is 0.0638 e. The minimum atomic E-state index is 0.367. The lowest BCUT2D eigenvalue weighted by Crippen LogP contribution is -2.39. The third-order valence-electron chi connectivity index (χ3n) is 3.15. The molecule has 2 N–H and O–H groups in total. The van der Waals surface area contributed by atoms with Gasteiger partial charge in [-0.2, -0.15) is 5.26 Å². The number of nitrogens with one attached hydrogen (secondary N) is 2. The molecule has 0 spiro atoms. The summed E-state index contributed by atoms with van der Waals surface area (Å²) >= 11 is 0. The highest BCUT2D eigenvalue weighted by Crippen LogP contribution is 2.11. The second-order valence-corrected chi connectivity index (χ2v) is 4.56. The fraction of sp³-hybridized carbons (Fsp3) is 0.917. The summed E-state index contributed by atoms with van der Waals surface area (Å²) in [4.78, 5) is 0. The second-order valence-electron chi connectivity index (χ2n) is 4.56. The van der Waals surface area contributed by atoms with Crippen LogP contribution in [-0.4, -0.2) is 24.7 Å².